The van der Waals surface area contributed by atoms with Crippen LogP contribution in [0.3, 0.4) is 0 Å². The van der Waals surface area contributed by atoms with Gasteiger partial charge in [0.25, 0.3) is 5.91 Å². The lowest BCUT2D eigenvalue weighted by atomic mass is 10.1. The van der Waals surface area contributed by atoms with Crippen molar-refractivity contribution in [3.05, 3.63) is 59.2 Å². The number of carbonyl (C=O) groups is 2. The van der Waals surface area contributed by atoms with Crippen molar-refractivity contribution in [3.8, 4) is 5.75 Å². The van der Waals surface area contributed by atoms with Gasteiger partial charge in [0.05, 0.1) is 5.69 Å². The fraction of sp³-hybridized carbons (Fsp3) is 0.263. The number of aryl methyl sites for hydroxylation is 2. The molecule has 1 aliphatic rings. The fourth-order valence-corrected chi connectivity index (χ4v) is 2.75. The third kappa shape index (κ3) is 4.56. The Kier molecular flexibility index (Phi) is 5.46. The quantitative estimate of drug-likeness (QED) is 0.804. The lowest BCUT2D eigenvalue weighted by Crippen LogP contribution is -2.24. The van der Waals surface area contributed by atoms with E-state index in [-0.39, 0.29) is 12.3 Å². The van der Waals surface area contributed by atoms with Crippen molar-refractivity contribution in [2.45, 2.75) is 19.3 Å². The lowest BCUT2D eigenvalue weighted by Gasteiger charge is -2.09. The van der Waals surface area contributed by atoms with Gasteiger partial charge in [-0.1, -0.05) is 6.07 Å². The van der Waals surface area contributed by atoms with Crippen LogP contribution in [0, 0.1) is 11.6 Å². The largest absolute Gasteiger partial charge is 0.482 e. The Morgan fingerprint density at radius 1 is 1.00 bits per heavy atom. The molecule has 0 unspecified atom stereocenters. The van der Waals surface area contributed by atoms with Crippen LogP contribution in [0.25, 0.3) is 0 Å². The zero-order chi connectivity index (χ0) is 18.5. The molecule has 26 heavy (non-hydrogen) atoms. The summed E-state index contributed by atoms with van der Waals surface area (Å²) in [5.41, 5.74) is 2.32. The van der Waals surface area contributed by atoms with Gasteiger partial charge in [-0.05, 0) is 54.7 Å². The van der Waals surface area contributed by atoms with Crippen LogP contribution >= 0.6 is 0 Å². The van der Waals surface area contributed by atoms with Gasteiger partial charge in [-0.25, -0.2) is 13.6 Å². The van der Waals surface area contributed by atoms with Crippen LogP contribution < -0.4 is 10.1 Å². The molecule has 1 aliphatic carbocycles. The highest BCUT2D eigenvalue weighted by atomic mass is 19.1. The first-order valence-electron chi connectivity index (χ1n) is 8.16. The summed E-state index contributed by atoms with van der Waals surface area (Å²) in [6.07, 6.45) is 3.17. The lowest BCUT2D eigenvalue weighted by molar-refractivity contribution is -0.149. The summed E-state index contributed by atoms with van der Waals surface area (Å²) in [5.74, 6) is -2.55. The Hall–Kier alpha value is -2.96. The van der Waals surface area contributed by atoms with Crippen molar-refractivity contribution in [1.82, 2.24) is 0 Å². The number of esters is 1. The Labute approximate surface area is 148 Å². The van der Waals surface area contributed by atoms with Crippen LogP contribution in [0.5, 0.6) is 5.75 Å². The number of halogens is 2. The van der Waals surface area contributed by atoms with Crippen molar-refractivity contribution >= 4 is 17.6 Å². The number of benzene rings is 2. The number of hydrogen-bond acceptors (Lipinski definition) is 4. The molecule has 0 saturated heterocycles. The van der Waals surface area contributed by atoms with Crippen LogP contribution in [0.15, 0.2) is 36.4 Å². The molecule has 5 nitrogen and oxygen atoms in total. The van der Waals surface area contributed by atoms with Crippen LogP contribution in [0.4, 0.5) is 14.5 Å². The Balaban J connectivity index is 1.43. The second-order valence-corrected chi connectivity index (χ2v) is 5.91. The molecule has 0 radical (unpaired) electrons. The number of amides is 1. The van der Waals surface area contributed by atoms with Crippen LogP contribution in [0.1, 0.15) is 17.5 Å². The number of rotatable bonds is 6. The molecule has 0 aliphatic heterocycles. The summed E-state index contributed by atoms with van der Waals surface area (Å²) in [7, 11) is 0. The number of carbonyl (C=O) groups excluding carboxylic acids is 2. The van der Waals surface area contributed by atoms with Gasteiger partial charge >= 0.3 is 5.97 Å². The van der Waals surface area contributed by atoms with E-state index in [1.165, 1.54) is 11.1 Å². The minimum atomic E-state index is -0.912. The van der Waals surface area contributed by atoms with Crippen molar-refractivity contribution in [1.29, 1.82) is 0 Å². The van der Waals surface area contributed by atoms with E-state index in [1.807, 2.05) is 12.1 Å². The third-order valence-corrected chi connectivity index (χ3v) is 4.00. The molecular weight excluding hydrogens is 344 g/mol. The summed E-state index contributed by atoms with van der Waals surface area (Å²) < 4.78 is 36.4. The van der Waals surface area contributed by atoms with Gasteiger partial charge < -0.3 is 14.8 Å². The van der Waals surface area contributed by atoms with E-state index in [0.29, 0.717) is 11.8 Å². The summed E-state index contributed by atoms with van der Waals surface area (Å²) in [6, 6.07) is 8.41. The molecule has 0 saturated carbocycles. The topological polar surface area (TPSA) is 64.6 Å². The zero-order valence-corrected chi connectivity index (χ0v) is 13.9. The monoisotopic (exact) mass is 361 g/mol. The molecule has 2 aromatic rings. The molecule has 3 rings (SSSR count). The summed E-state index contributed by atoms with van der Waals surface area (Å²) in [6.45, 7) is -0.930. The van der Waals surface area contributed by atoms with E-state index in [2.05, 4.69) is 5.32 Å². The molecule has 2 aromatic carbocycles. The maximum atomic E-state index is 13.4. The minimum Gasteiger partial charge on any atom is -0.482 e. The molecule has 136 valence electrons. The number of hydrogen-bond donors (Lipinski definition) is 1. The van der Waals surface area contributed by atoms with Gasteiger partial charge in [0.1, 0.15) is 17.4 Å². The molecule has 0 atom stereocenters. The third-order valence-electron chi connectivity index (χ3n) is 4.00. The highest BCUT2D eigenvalue weighted by molar-refractivity contribution is 5.92. The predicted molar refractivity (Wildman–Crippen MR) is 89.9 cm³/mol. The molecule has 0 bridgehead atoms. The standard InChI is InChI=1S/C19H17F2NO4/c20-14-5-7-17(16(21)9-14)22-18(23)10-26-19(24)11-25-15-6-4-12-2-1-3-13(12)8-15/h4-9H,1-3,10-11H2,(H,22,23). The van der Waals surface area contributed by atoms with Gasteiger partial charge in [0.2, 0.25) is 0 Å². The average molecular weight is 361 g/mol. The molecular formula is C19H17F2NO4. The molecule has 0 aromatic heterocycles. The first-order chi connectivity index (χ1) is 12.5. The normalized spacial score (nSPS) is 12.4. The van der Waals surface area contributed by atoms with Gasteiger partial charge in [-0.2, -0.15) is 0 Å². The maximum absolute atomic E-state index is 13.4. The Bertz CT molecular complexity index is 838. The summed E-state index contributed by atoms with van der Waals surface area (Å²) in [5, 5.41) is 2.20. The second kappa shape index (κ2) is 7.95. The summed E-state index contributed by atoms with van der Waals surface area (Å²) in [4.78, 5) is 23.3. The fourth-order valence-electron chi connectivity index (χ4n) is 2.75. The predicted octanol–water partition coefficient (Wildman–Crippen LogP) is 3.01. The van der Waals surface area contributed by atoms with Crippen molar-refractivity contribution in [2.24, 2.45) is 0 Å². The molecule has 0 fully saturated rings. The SMILES string of the molecule is O=C(COC(=O)COc1ccc2c(c1)CCC2)Nc1ccc(F)cc1F. The first kappa shape index (κ1) is 17.8. The van der Waals surface area contributed by atoms with Gasteiger partial charge in [-0.15, -0.1) is 0 Å². The molecule has 1 N–H and O–H groups in total. The Morgan fingerprint density at radius 2 is 1.81 bits per heavy atom. The highest BCUT2D eigenvalue weighted by Crippen LogP contribution is 2.26. The molecule has 1 amide bonds. The number of fused-ring (bicyclic) bond motifs is 1. The number of nitrogens with one attached hydrogen (secondary N) is 1. The van der Waals surface area contributed by atoms with Crippen LogP contribution in [-0.2, 0) is 27.2 Å². The van der Waals surface area contributed by atoms with Crippen LogP contribution in [-0.4, -0.2) is 25.1 Å². The first-order valence-corrected chi connectivity index (χ1v) is 8.16. The van der Waals surface area contributed by atoms with Crippen LogP contribution in [0.2, 0.25) is 0 Å². The molecule has 7 heteroatoms. The van der Waals surface area contributed by atoms with Gasteiger partial charge in [0.15, 0.2) is 13.2 Å². The zero-order valence-electron chi connectivity index (χ0n) is 13.9. The minimum absolute atomic E-state index is 0.193. The van der Waals surface area contributed by atoms with Gasteiger partial charge in [0, 0.05) is 6.07 Å². The van der Waals surface area contributed by atoms with E-state index in [1.54, 1.807) is 6.07 Å². The smallest absolute Gasteiger partial charge is 0.344 e. The summed E-state index contributed by atoms with van der Waals surface area (Å²) >= 11 is 0. The second-order valence-electron chi connectivity index (χ2n) is 5.91. The highest BCUT2D eigenvalue weighted by Gasteiger charge is 2.13. The number of ether oxygens (including phenoxy) is 2. The molecule has 0 spiro atoms. The van der Waals surface area contributed by atoms with E-state index >= 15 is 0 Å². The van der Waals surface area contributed by atoms with E-state index in [0.717, 1.165) is 31.4 Å². The van der Waals surface area contributed by atoms with Crippen molar-refractivity contribution in [2.75, 3.05) is 18.5 Å². The van der Waals surface area contributed by atoms with Crippen molar-refractivity contribution in [3.63, 3.8) is 0 Å². The molecule has 0 heterocycles. The van der Waals surface area contributed by atoms with E-state index < -0.39 is 30.1 Å². The maximum Gasteiger partial charge on any atom is 0.344 e. The van der Waals surface area contributed by atoms with E-state index in [9.17, 15) is 18.4 Å². The Morgan fingerprint density at radius 3 is 2.62 bits per heavy atom. The van der Waals surface area contributed by atoms with Crippen molar-refractivity contribution < 1.29 is 27.8 Å². The number of anilines is 1. The van der Waals surface area contributed by atoms with Gasteiger partial charge in [-0.3, -0.25) is 4.79 Å². The average Bonchev–Trinajstić information content (AvgIpc) is 3.08. The van der Waals surface area contributed by atoms with E-state index in [4.69, 9.17) is 9.47 Å².